The van der Waals surface area contributed by atoms with E-state index in [1.807, 2.05) is 0 Å². The molecule has 0 spiro atoms. The van der Waals surface area contributed by atoms with Gasteiger partial charge in [-0.1, -0.05) is 27.9 Å². The van der Waals surface area contributed by atoms with Gasteiger partial charge < -0.3 is 10.0 Å². The van der Waals surface area contributed by atoms with E-state index in [0.29, 0.717) is 0 Å². The molecule has 2 amide bonds. The zero-order chi connectivity index (χ0) is 24.7. The van der Waals surface area contributed by atoms with Gasteiger partial charge in [-0.25, -0.2) is 14.6 Å². The topological polar surface area (TPSA) is 91.3 Å². The number of carboxylic acids is 1. The first-order chi connectivity index (χ1) is 16.1. The average Bonchev–Trinajstić information content (AvgIpc) is 3.29. The van der Waals surface area contributed by atoms with E-state index < -0.39 is 40.7 Å². The van der Waals surface area contributed by atoms with Crippen LogP contribution in [0.15, 0.2) is 42.6 Å². The Balaban J connectivity index is 1.62. The number of nitrogens with one attached hydrogen (secondary N) is 1. The minimum absolute atomic E-state index is 0.0596. The number of amides is 2. The van der Waals surface area contributed by atoms with Gasteiger partial charge in [0, 0.05) is 25.0 Å². The summed E-state index contributed by atoms with van der Waals surface area (Å²) in [5.41, 5.74) is -3.25. The monoisotopic (exact) mass is 471 g/mol. The molecule has 3 atom stereocenters. The van der Waals surface area contributed by atoms with Crippen molar-refractivity contribution in [3.8, 4) is 13.1 Å². The molecule has 0 bridgehead atoms. The van der Waals surface area contributed by atoms with Crippen LogP contribution in [-0.4, -0.2) is 51.2 Å². The Morgan fingerprint density at radius 3 is 2.26 bits per heavy atom. The molecule has 2 aliphatic rings. The van der Waals surface area contributed by atoms with Crippen LogP contribution in [0.1, 0.15) is 40.2 Å². The molecule has 8 nitrogen and oxygen atoms in total. The van der Waals surface area contributed by atoms with Gasteiger partial charge >= 0.3 is 29.3 Å². The molecular weight excluding hydrogens is 451 g/mol. The fraction of sp³-hybridized carbons (Fsp3) is 0.348. The number of hydrogen-bond donors (Lipinski definition) is 2. The predicted molar refractivity (Wildman–Crippen MR) is 117 cm³/mol. The molecule has 1 unspecified atom stereocenters. The van der Waals surface area contributed by atoms with Crippen LogP contribution < -0.4 is 5.32 Å². The third kappa shape index (κ3) is 3.59. The van der Waals surface area contributed by atoms with Crippen molar-refractivity contribution in [2.45, 2.75) is 36.0 Å². The van der Waals surface area contributed by atoms with Crippen molar-refractivity contribution in [2.75, 3.05) is 18.4 Å². The van der Waals surface area contributed by atoms with Crippen LogP contribution in [0.4, 0.5) is 23.8 Å². The molecule has 0 radical (unpaired) electrons. The Kier molecular flexibility index (Phi) is 5.44. The first-order valence-electron chi connectivity index (χ1n) is 10.3. The van der Waals surface area contributed by atoms with Gasteiger partial charge in [-0.15, -0.1) is 0 Å². The normalized spacial score (nSPS) is 25.8. The summed E-state index contributed by atoms with van der Waals surface area (Å²) >= 11 is 0. The lowest BCUT2D eigenvalue weighted by Gasteiger charge is -2.20. The van der Waals surface area contributed by atoms with Gasteiger partial charge in [0.05, 0.1) is 5.56 Å². The lowest BCUT2D eigenvalue weighted by atomic mass is 9.84. The molecule has 2 N–H and O–H groups in total. The van der Waals surface area contributed by atoms with E-state index in [-0.39, 0.29) is 42.9 Å². The number of anilines is 1. The van der Waals surface area contributed by atoms with Crippen LogP contribution in [0.5, 0.6) is 0 Å². The maximum atomic E-state index is 13.6. The SMILES string of the molecule is C#[N+][C@@]12CC(c3ccccc3C(F)(F)F)C[C@]1([N+]#C)CN(C(=O)Nc1ncccc1C(=O)O)C2. The summed E-state index contributed by atoms with van der Waals surface area (Å²) in [7, 11) is 0. The highest BCUT2D eigenvalue weighted by atomic mass is 19.4. The Labute approximate surface area is 192 Å². The van der Waals surface area contributed by atoms with E-state index in [2.05, 4.69) is 20.0 Å². The quantitative estimate of drug-likeness (QED) is 0.683. The van der Waals surface area contributed by atoms with Crippen molar-refractivity contribution < 1.29 is 27.9 Å². The molecule has 1 saturated carbocycles. The van der Waals surface area contributed by atoms with Crippen molar-refractivity contribution >= 4 is 17.8 Å². The van der Waals surface area contributed by atoms with Crippen LogP contribution in [0.3, 0.4) is 0 Å². The second-order valence-corrected chi connectivity index (χ2v) is 8.50. The molecule has 4 rings (SSSR count). The van der Waals surface area contributed by atoms with Crippen molar-refractivity contribution in [3.63, 3.8) is 0 Å². The number of pyridine rings is 1. The largest absolute Gasteiger partial charge is 0.478 e. The number of rotatable bonds is 3. The maximum absolute atomic E-state index is 13.6. The van der Waals surface area contributed by atoms with E-state index in [4.69, 9.17) is 13.1 Å². The number of nitrogens with zero attached hydrogens (tertiary/aromatic N) is 4. The molecule has 174 valence electrons. The van der Waals surface area contributed by atoms with E-state index in [1.165, 1.54) is 41.4 Å². The second kappa shape index (κ2) is 8.03. The van der Waals surface area contributed by atoms with Crippen molar-refractivity contribution in [2.24, 2.45) is 0 Å². The van der Waals surface area contributed by atoms with Gasteiger partial charge in [0.15, 0.2) is 0 Å². The highest BCUT2D eigenvalue weighted by Crippen LogP contribution is 2.57. The lowest BCUT2D eigenvalue weighted by molar-refractivity contribution is -0.138. The van der Waals surface area contributed by atoms with E-state index >= 15 is 0 Å². The number of carboxylic acid groups (broad SMARTS) is 1. The van der Waals surface area contributed by atoms with Gasteiger partial charge in [0.2, 0.25) is 0 Å². The summed E-state index contributed by atoms with van der Waals surface area (Å²) in [5.74, 6) is -2.00. The molecule has 34 heavy (non-hydrogen) atoms. The molecule has 2 heterocycles. The maximum Gasteiger partial charge on any atom is 0.416 e. The van der Waals surface area contributed by atoms with Gasteiger partial charge in [-0.3, -0.25) is 5.32 Å². The predicted octanol–water partition coefficient (Wildman–Crippen LogP) is 4.63. The zero-order valence-electron chi connectivity index (χ0n) is 17.8. The van der Waals surface area contributed by atoms with Crippen LogP contribution >= 0.6 is 0 Å². The third-order valence-corrected chi connectivity index (χ3v) is 6.69. The minimum Gasteiger partial charge on any atom is -0.478 e. The highest BCUT2D eigenvalue weighted by Gasteiger charge is 2.81. The Bertz CT molecular complexity index is 1220. The molecule has 11 heteroatoms. The highest BCUT2D eigenvalue weighted by molar-refractivity contribution is 5.98. The number of aromatic carboxylic acids is 1. The number of carbonyl (C=O) groups excluding carboxylic acids is 1. The summed E-state index contributed by atoms with van der Waals surface area (Å²) in [6, 6.07) is 7.33. The number of aromatic nitrogens is 1. The Hall–Kier alpha value is -4.12. The molecule has 1 aromatic carbocycles. The Morgan fingerprint density at radius 1 is 1.09 bits per heavy atom. The number of likely N-dealkylation sites (tertiary alicyclic amines) is 1. The summed E-state index contributed by atoms with van der Waals surface area (Å²) in [4.78, 5) is 37.5. The van der Waals surface area contributed by atoms with Gasteiger partial charge in [0.25, 0.3) is 13.1 Å². The average molecular weight is 471 g/mol. The second-order valence-electron chi connectivity index (χ2n) is 8.50. The molecule has 2 aromatic rings. The third-order valence-electron chi connectivity index (χ3n) is 6.69. The fourth-order valence-electron chi connectivity index (χ4n) is 5.14. The van der Waals surface area contributed by atoms with Crippen LogP contribution in [0.2, 0.25) is 0 Å². The van der Waals surface area contributed by atoms with E-state index in [9.17, 15) is 27.9 Å². The van der Waals surface area contributed by atoms with Gasteiger partial charge in [-0.05, 0) is 23.8 Å². The number of alkyl halides is 3. The number of benzene rings is 1. The van der Waals surface area contributed by atoms with Crippen LogP contribution in [0.25, 0.3) is 9.69 Å². The van der Waals surface area contributed by atoms with Crippen LogP contribution in [0, 0.1) is 13.1 Å². The standard InChI is InChI=1S/C23H18F3N5O3/c1-27-21-10-14(15-6-3-4-8-17(15)23(24,25)26)11-22(21,28-2)13-31(12-21)20(34)30-18-16(19(32)33)7-5-9-29-18/h1-9,14H,10-13H2/p+2/t14?,21-,22+. The number of halogens is 3. The van der Waals surface area contributed by atoms with Crippen molar-refractivity contribution in [1.82, 2.24) is 9.88 Å². The molecule has 1 aromatic heterocycles. The molecule has 1 aliphatic heterocycles. The number of carbonyl (C=O) groups is 2. The zero-order valence-corrected chi connectivity index (χ0v) is 17.8. The van der Waals surface area contributed by atoms with Gasteiger partial charge in [-0.2, -0.15) is 13.2 Å². The molecule has 1 aliphatic carbocycles. The van der Waals surface area contributed by atoms with Crippen molar-refractivity contribution in [1.29, 1.82) is 0 Å². The summed E-state index contributed by atoms with van der Waals surface area (Å²) in [6.45, 7) is 11.4. The van der Waals surface area contributed by atoms with E-state index in [0.717, 1.165) is 6.07 Å². The summed E-state index contributed by atoms with van der Waals surface area (Å²) in [6.07, 6.45) is -3.00. The van der Waals surface area contributed by atoms with Crippen LogP contribution in [-0.2, 0) is 6.18 Å². The van der Waals surface area contributed by atoms with Gasteiger partial charge in [0.1, 0.15) is 24.5 Å². The first kappa shape index (κ1) is 23.1. The smallest absolute Gasteiger partial charge is 0.416 e. The van der Waals surface area contributed by atoms with Crippen molar-refractivity contribution in [3.05, 3.63) is 69.0 Å². The molecule has 2 fully saturated rings. The molecular formula is C23H20F3N5O3+2. The number of hydrogen-bond acceptors (Lipinski definition) is 3. The van der Waals surface area contributed by atoms with E-state index in [1.54, 1.807) is 0 Å². The fourth-order valence-corrected chi connectivity index (χ4v) is 5.14. The first-order valence-corrected chi connectivity index (χ1v) is 10.3. The summed E-state index contributed by atoms with van der Waals surface area (Å²) < 4.78 is 40.8. The molecule has 1 saturated heterocycles. The summed E-state index contributed by atoms with van der Waals surface area (Å²) in [5, 5.41) is 11.8. The Morgan fingerprint density at radius 2 is 1.71 bits per heavy atom. The number of urea groups is 1. The number of fused-ring (bicyclic) bond motifs is 1. The lowest BCUT2D eigenvalue weighted by Crippen LogP contribution is -2.43. The minimum atomic E-state index is -4.54.